The van der Waals surface area contributed by atoms with Crippen LogP contribution in [-0.4, -0.2) is 22.0 Å². The van der Waals surface area contributed by atoms with Crippen LogP contribution in [0.4, 0.5) is 5.82 Å². The highest BCUT2D eigenvalue weighted by atomic mass is 79.9. The number of carbonyl (C=O) groups is 2. The van der Waals surface area contributed by atoms with Crippen LogP contribution in [0.5, 0.6) is 0 Å². The van der Waals surface area contributed by atoms with E-state index >= 15 is 0 Å². The standard InChI is InChI=1S/C13H7BrCl2N2O3/c14-6-1-2-7(8(5-6)13(20)21)12(19)18-10-4-3-9(15)11(16)17-10/h1-5H,(H,20,21)(H,17,18,19). The number of anilines is 1. The lowest BCUT2D eigenvalue weighted by molar-refractivity contribution is 0.0692. The Labute approximate surface area is 138 Å². The van der Waals surface area contributed by atoms with E-state index < -0.39 is 11.9 Å². The number of carboxylic acid groups (broad SMARTS) is 1. The summed E-state index contributed by atoms with van der Waals surface area (Å²) >= 11 is 14.6. The number of rotatable bonds is 3. The van der Waals surface area contributed by atoms with E-state index in [2.05, 4.69) is 26.2 Å². The van der Waals surface area contributed by atoms with Crippen molar-refractivity contribution in [2.75, 3.05) is 5.32 Å². The molecule has 2 rings (SSSR count). The summed E-state index contributed by atoms with van der Waals surface area (Å²) in [5.41, 5.74) is -0.111. The highest BCUT2D eigenvalue weighted by molar-refractivity contribution is 9.10. The van der Waals surface area contributed by atoms with Gasteiger partial charge in [-0.15, -0.1) is 0 Å². The van der Waals surface area contributed by atoms with Crippen LogP contribution in [0.1, 0.15) is 20.7 Å². The molecule has 0 aliphatic heterocycles. The van der Waals surface area contributed by atoms with E-state index in [1.165, 1.54) is 24.3 Å². The Morgan fingerprint density at radius 2 is 1.86 bits per heavy atom. The van der Waals surface area contributed by atoms with Crippen molar-refractivity contribution >= 4 is 56.8 Å². The lowest BCUT2D eigenvalue weighted by atomic mass is 10.1. The average Bonchev–Trinajstić information content (AvgIpc) is 2.42. The van der Waals surface area contributed by atoms with Gasteiger partial charge in [0.25, 0.3) is 5.91 Å². The molecule has 108 valence electrons. The van der Waals surface area contributed by atoms with Gasteiger partial charge in [-0.25, -0.2) is 9.78 Å². The zero-order valence-electron chi connectivity index (χ0n) is 10.2. The Bertz CT molecular complexity index is 737. The van der Waals surface area contributed by atoms with E-state index in [1.54, 1.807) is 6.07 Å². The van der Waals surface area contributed by atoms with Crippen LogP contribution in [0.15, 0.2) is 34.8 Å². The van der Waals surface area contributed by atoms with Crippen molar-refractivity contribution in [1.29, 1.82) is 0 Å². The topological polar surface area (TPSA) is 79.3 Å². The van der Waals surface area contributed by atoms with E-state index in [0.29, 0.717) is 4.47 Å². The van der Waals surface area contributed by atoms with Gasteiger partial charge in [0.15, 0.2) is 0 Å². The maximum absolute atomic E-state index is 12.1. The second-order valence-corrected chi connectivity index (χ2v) is 5.60. The van der Waals surface area contributed by atoms with Gasteiger partial charge in [0.1, 0.15) is 11.0 Å². The molecule has 0 aliphatic carbocycles. The summed E-state index contributed by atoms with van der Waals surface area (Å²) in [6.07, 6.45) is 0. The molecule has 0 atom stereocenters. The van der Waals surface area contributed by atoms with Crippen LogP contribution in [0, 0.1) is 0 Å². The Balaban J connectivity index is 2.32. The highest BCUT2D eigenvalue weighted by Crippen LogP contribution is 2.22. The molecule has 0 bridgehead atoms. The number of nitrogens with one attached hydrogen (secondary N) is 1. The van der Waals surface area contributed by atoms with Gasteiger partial charge in [0.2, 0.25) is 0 Å². The first-order valence-corrected chi connectivity index (χ1v) is 7.09. The van der Waals surface area contributed by atoms with Crippen molar-refractivity contribution < 1.29 is 14.7 Å². The smallest absolute Gasteiger partial charge is 0.336 e. The number of hydrogen-bond donors (Lipinski definition) is 2. The number of aromatic carboxylic acids is 1. The summed E-state index contributed by atoms with van der Waals surface area (Å²) in [4.78, 5) is 27.2. The first kappa shape index (κ1) is 15.8. The van der Waals surface area contributed by atoms with Crippen molar-refractivity contribution in [1.82, 2.24) is 4.98 Å². The van der Waals surface area contributed by atoms with Gasteiger partial charge >= 0.3 is 5.97 Å². The van der Waals surface area contributed by atoms with Gasteiger partial charge in [0.05, 0.1) is 16.1 Å². The molecule has 5 nitrogen and oxygen atoms in total. The van der Waals surface area contributed by atoms with Gasteiger partial charge in [-0.1, -0.05) is 39.1 Å². The fourth-order valence-corrected chi connectivity index (χ4v) is 2.18. The molecule has 0 fully saturated rings. The first-order valence-electron chi connectivity index (χ1n) is 5.54. The lowest BCUT2D eigenvalue weighted by Gasteiger charge is -2.08. The number of nitrogens with zero attached hydrogens (tertiary/aromatic N) is 1. The molecule has 0 saturated carbocycles. The van der Waals surface area contributed by atoms with Crippen molar-refractivity contribution in [3.63, 3.8) is 0 Å². The molecule has 0 unspecified atom stereocenters. The van der Waals surface area contributed by atoms with Crippen molar-refractivity contribution in [2.45, 2.75) is 0 Å². The summed E-state index contributed by atoms with van der Waals surface area (Å²) < 4.78 is 0.559. The van der Waals surface area contributed by atoms with E-state index in [0.717, 1.165) is 0 Å². The van der Waals surface area contributed by atoms with Gasteiger partial charge in [-0.05, 0) is 30.3 Å². The summed E-state index contributed by atoms with van der Waals surface area (Å²) in [6.45, 7) is 0. The SMILES string of the molecule is O=C(O)c1cc(Br)ccc1C(=O)Nc1ccc(Cl)c(Cl)n1. The zero-order chi connectivity index (χ0) is 15.6. The first-order chi connectivity index (χ1) is 9.88. The zero-order valence-corrected chi connectivity index (χ0v) is 13.3. The number of halogens is 3. The monoisotopic (exact) mass is 388 g/mol. The molecule has 2 N–H and O–H groups in total. The summed E-state index contributed by atoms with van der Waals surface area (Å²) in [6, 6.07) is 7.27. The van der Waals surface area contributed by atoms with Crippen LogP contribution < -0.4 is 5.32 Å². The number of aromatic nitrogens is 1. The Hall–Kier alpha value is -1.63. The van der Waals surface area contributed by atoms with Crippen LogP contribution in [0.2, 0.25) is 10.2 Å². The summed E-state index contributed by atoms with van der Waals surface area (Å²) in [5, 5.41) is 11.9. The maximum atomic E-state index is 12.1. The molecule has 2 aromatic rings. The lowest BCUT2D eigenvalue weighted by Crippen LogP contribution is -2.17. The van der Waals surface area contributed by atoms with Crippen LogP contribution in [-0.2, 0) is 0 Å². The molecule has 1 aromatic heterocycles. The summed E-state index contributed by atoms with van der Waals surface area (Å²) in [7, 11) is 0. The number of carboxylic acids is 1. The third kappa shape index (κ3) is 3.72. The number of carbonyl (C=O) groups excluding carboxylic acids is 1. The number of benzene rings is 1. The number of hydrogen-bond acceptors (Lipinski definition) is 3. The summed E-state index contributed by atoms with van der Waals surface area (Å²) in [5.74, 6) is -1.64. The molecule has 1 heterocycles. The quantitative estimate of drug-likeness (QED) is 0.774. The molecule has 0 saturated heterocycles. The fraction of sp³-hybridized carbons (Fsp3) is 0. The van der Waals surface area contributed by atoms with E-state index in [9.17, 15) is 9.59 Å². The Kier molecular flexibility index (Phi) is 4.82. The third-order valence-electron chi connectivity index (χ3n) is 2.50. The van der Waals surface area contributed by atoms with Gasteiger partial charge in [-0.3, -0.25) is 4.79 Å². The predicted octanol–water partition coefficient (Wildman–Crippen LogP) is 4.10. The fourth-order valence-electron chi connectivity index (χ4n) is 1.56. The molecule has 8 heteroatoms. The molecule has 0 radical (unpaired) electrons. The highest BCUT2D eigenvalue weighted by Gasteiger charge is 2.17. The van der Waals surface area contributed by atoms with E-state index in [1.807, 2.05) is 0 Å². The predicted molar refractivity (Wildman–Crippen MR) is 83.3 cm³/mol. The normalized spacial score (nSPS) is 10.2. The molecule has 21 heavy (non-hydrogen) atoms. The molecule has 0 spiro atoms. The molecule has 1 amide bonds. The molecular formula is C13H7BrCl2N2O3. The van der Waals surface area contributed by atoms with Crippen molar-refractivity contribution in [2.24, 2.45) is 0 Å². The largest absolute Gasteiger partial charge is 0.478 e. The minimum Gasteiger partial charge on any atom is -0.478 e. The van der Waals surface area contributed by atoms with Crippen molar-refractivity contribution in [3.8, 4) is 0 Å². The minimum atomic E-state index is -1.21. The maximum Gasteiger partial charge on any atom is 0.336 e. The van der Waals surface area contributed by atoms with Gasteiger partial charge in [-0.2, -0.15) is 0 Å². The number of amides is 1. The molecule has 0 aliphatic rings. The van der Waals surface area contributed by atoms with Gasteiger partial charge < -0.3 is 10.4 Å². The van der Waals surface area contributed by atoms with Crippen molar-refractivity contribution in [3.05, 3.63) is 56.1 Å². The minimum absolute atomic E-state index is 0.0126. The number of pyridine rings is 1. The van der Waals surface area contributed by atoms with E-state index in [4.69, 9.17) is 28.3 Å². The average molecular weight is 390 g/mol. The third-order valence-corrected chi connectivity index (χ3v) is 3.68. The van der Waals surface area contributed by atoms with Crippen LogP contribution in [0.3, 0.4) is 0 Å². The Morgan fingerprint density at radius 1 is 1.14 bits per heavy atom. The Morgan fingerprint density at radius 3 is 2.48 bits per heavy atom. The molecule has 1 aromatic carbocycles. The second-order valence-electron chi connectivity index (χ2n) is 3.92. The molecular weight excluding hydrogens is 383 g/mol. The van der Waals surface area contributed by atoms with Crippen LogP contribution >= 0.6 is 39.1 Å². The van der Waals surface area contributed by atoms with E-state index in [-0.39, 0.29) is 27.1 Å². The van der Waals surface area contributed by atoms with Gasteiger partial charge in [0, 0.05) is 4.47 Å². The second kappa shape index (κ2) is 6.43. The van der Waals surface area contributed by atoms with Crippen LogP contribution in [0.25, 0.3) is 0 Å².